The van der Waals surface area contributed by atoms with Gasteiger partial charge in [0.1, 0.15) is 0 Å². The van der Waals surface area contributed by atoms with Crippen LogP contribution in [-0.4, -0.2) is 38.4 Å². The molecule has 0 radical (unpaired) electrons. The number of nitrogens with one attached hydrogen (secondary N) is 2. The van der Waals surface area contributed by atoms with Crippen molar-refractivity contribution in [2.45, 2.75) is 12.6 Å². The SMILES string of the molecule is CN(C)C(CNC(=O)NCc1ccccc1)c1ccc2c(c1)OCO2. The van der Waals surface area contributed by atoms with Crippen LogP contribution in [0, 0.1) is 0 Å². The van der Waals surface area contributed by atoms with Gasteiger partial charge in [0.15, 0.2) is 11.5 Å². The van der Waals surface area contributed by atoms with Crippen molar-refractivity contribution < 1.29 is 14.3 Å². The molecule has 1 aliphatic heterocycles. The van der Waals surface area contributed by atoms with E-state index < -0.39 is 0 Å². The standard InChI is InChI=1S/C19H23N3O3/c1-22(2)16(15-8-9-17-18(10-15)25-13-24-17)12-21-19(23)20-11-14-6-4-3-5-7-14/h3-10,16H,11-13H2,1-2H3,(H2,20,21,23). The van der Waals surface area contributed by atoms with Gasteiger partial charge in [0, 0.05) is 13.1 Å². The second kappa shape index (κ2) is 7.90. The Balaban J connectivity index is 1.56. The number of likely N-dealkylation sites (N-methyl/N-ethyl adjacent to an activating group) is 1. The molecule has 2 amide bonds. The first-order chi connectivity index (χ1) is 12.1. The van der Waals surface area contributed by atoms with Crippen molar-refractivity contribution in [2.75, 3.05) is 27.4 Å². The van der Waals surface area contributed by atoms with Gasteiger partial charge in [-0.05, 0) is 37.4 Å². The second-order valence-electron chi connectivity index (χ2n) is 6.14. The Kier molecular flexibility index (Phi) is 5.40. The number of ether oxygens (including phenoxy) is 2. The molecule has 0 aromatic heterocycles. The monoisotopic (exact) mass is 341 g/mol. The highest BCUT2D eigenvalue weighted by molar-refractivity contribution is 5.73. The predicted octanol–water partition coefficient (Wildman–Crippen LogP) is 2.52. The van der Waals surface area contributed by atoms with Gasteiger partial charge in [-0.15, -0.1) is 0 Å². The first kappa shape index (κ1) is 17.1. The molecular formula is C19H23N3O3. The van der Waals surface area contributed by atoms with Crippen molar-refractivity contribution >= 4 is 6.03 Å². The fourth-order valence-corrected chi connectivity index (χ4v) is 2.75. The molecule has 0 bridgehead atoms. The predicted molar refractivity (Wildman–Crippen MR) is 95.7 cm³/mol. The van der Waals surface area contributed by atoms with Crippen molar-refractivity contribution in [1.29, 1.82) is 0 Å². The number of rotatable bonds is 6. The molecule has 6 heteroatoms. The molecule has 0 saturated heterocycles. The van der Waals surface area contributed by atoms with Crippen LogP contribution in [-0.2, 0) is 6.54 Å². The molecule has 2 aromatic carbocycles. The van der Waals surface area contributed by atoms with Gasteiger partial charge in [0.05, 0.1) is 6.04 Å². The molecule has 2 aromatic rings. The molecule has 1 heterocycles. The van der Waals surface area contributed by atoms with Crippen LogP contribution in [0.5, 0.6) is 11.5 Å². The highest BCUT2D eigenvalue weighted by Crippen LogP contribution is 2.34. The highest BCUT2D eigenvalue weighted by atomic mass is 16.7. The number of fused-ring (bicyclic) bond motifs is 1. The molecule has 2 N–H and O–H groups in total. The highest BCUT2D eigenvalue weighted by Gasteiger charge is 2.20. The molecule has 3 rings (SSSR count). The molecule has 132 valence electrons. The Morgan fingerprint density at radius 1 is 1.08 bits per heavy atom. The third-order valence-corrected chi connectivity index (χ3v) is 4.16. The van der Waals surface area contributed by atoms with E-state index in [4.69, 9.17) is 9.47 Å². The van der Waals surface area contributed by atoms with Crippen molar-refractivity contribution in [1.82, 2.24) is 15.5 Å². The number of nitrogens with zero attached hydrogens (tertiary/aromatic N) is 1. The van der Waals surface area contributed by atoms with Crippen LogP contribution in [0.1, 0.15) is 17.2 Å². The lowest BCUT2D eigenvalue weighted by molar-refractivity contribution is 0.174. The third kappa shape index (κ3) is 4.42. The molecule has 0 fully saturated rings. The van der Waals surface area contributed by atoms with Crippen molar-refractivity contribution in [2.24, 2.45) is 0 Å². The summed E-state index contributed by atoms with van der Waals surface area (Å²) in [6.45, 7) is 1.25. The summed E-state index contributed by atoms with van der Waals surface area (Å²) >= 11 is 0. The molecule has 0 spiro atoms. The minimum Gasteiger partial charge on any atom is -0.454 e. The van der Waals surface area contributed by atoms with Crippen LogP contribution < -0.4 is 20.1 Å². The molecule has 6 nitrogen and oxygen atoms in total. The number of hydrogen-bond donors (Lipinski definition) is 2. The normalized spacial score (nSPS) is 13.6. The number of hydrogen-bond acceptors (Lipinski definition) is 4. The van der Waals surface area contributed by atoms with Gasteiger partial charge in [0.2, 0.25) is 6.79 Å². The van der Waals surface area contributed by atoms with Gasteiger partial charge in [-0.1, -0.05) is 36.4 Å². The van der Waals surface area contributed by atoms with E-state index in [1.807, 2.05) is 62.6 Å². The van der Waals surface area contributed by atoms with Gasteiger partial charge in [-0.3, -0.25) is 0 Å². The zero-order valence-corrected chi connectivity index (χ0v) is 14.5. The van der Waals surface area contributed by atoms with E-state index in [0.29, 0.717) is 13.1 Å². The molecule has 1 unspecified atom stereocenters. The van der Waals surface area contributed by atoms with Gasteiger partial charge in [-0.25, -0.2) is 4.79 Å². The van der Waals surface area contributed by atoms with Crippen LogP contribution in [0.3, 0.4) is 0 Å². The summed E-state index contributed by atoms with van der Waals surface area (Å²) in [5.74, 6) is 1.51. The zero-order valence-electron chi connectivity index (χ0n) is 14.5. The summed E-state index contributed by atoms with van der Waals surface area (Å²) in [4.78, 5) is 14.1. The van der Waals surface area contributed by atoms with Crippen LogP contribution in [0.2, 0.25) is 0 Å². The minimum atomic E-state index is -0.184. The molecule has 1 aliphatic rings. The molecule has 1 atom stereocenters. The lowest BCUT2D eigenvalue weighted by atomic mass is 10.1. The summed E-state index contributed by atoms with van der Waals surface area (Å²) in [5.41, 5.74) is 2.13. The van der Waals surface area contributed by atoms with Crippen molar-refractivity contribution in [3.05, 3.63) is 59.7 Å². The maximum atomic E-state index is 12.1. The largest absolute Gasteiger partial charge is 0.454 e. The quantitative estimate of drug-likeness (QED) is 0.847. The summed E-state index contributed by atoms with van der Waals surface area (Å²) in [5, 5.41) is 5.81. The van der Waals surface area contributed by atoms with E-state index in [1.54, 1.807) is 0 Å². The number of carbonyl (C=O) groups excluding carboxylic acids is 1. The van der Waals surface area contributed by atoms with E-state index in [2.05, 4.69) is 15.5 Å². The Morgan fingerprint density at radius 2 is 1.84 bits per heavy atom. The van der Waals surface area contributed by atoms with Crippen LogP contribution in [0.25, 0.3) is 0 Å². The van der Waals surface area contributed by atoms with E-state index in [0.717, 1.165) is 22.6 Å². The lowest BCUT2D eigenvalue weighted by Crippen LogP contribution is -2.40. The van der Waals surface area contributed by atoms with E-state index >= 15 is 0 Å². The fourth-order valence-electron chi connectivity index (χ4n) is 2.75. The number of amides is 2. The Hall–Kier alpha value is -2.73. The summed E-state index contributed by atoms with van der Waals surface area (Å²) in [6, 6.07) is 15.6. The topological polar surface area (TPSA) is 62.8 Å². The van der Waals surface area contributed by atoms with Crippen molar-refractivity contribution in [3.8, 4) is 11.5 Å². The smallest absolute Gasteiger partial charge is 0.315 e. The lowest BCUT2D eigenvalue weighted by Gasteiger charge is -2.25. The first-order valence-electron chi connectivity index (χ1n) is 8.25. The van der Waals surface area contributed by atoms with Crippen LogP contribution >= 0.6 is 0 Å². The maximum Gasteiger partial charge on any atom is 0.315 e. The van der Waals surface area contributed by atoms with Gasteiger partial charge in [0.25, 0.3) is 0 Å². The van der Waals surface area contributed by atoms with Gasteiger partial charge >= 0.3 is 6.03 Å². The fraction of sp³-hybridized carbons (Fsp3) is 0.316. The molecule has 25 heavy (non-hydrogen) atoms. The summed E-state index contributed by atoms with van der Waals surface area (Å²) in [6.07, 6.45) is 0. The molecular weight excluding hydrogens is 318 g/mol. The molecule has 0 saturated carbocycles. The Bertz CT molecular complexity index is 719. The zero-order chi connectivity index (χ0) is 17.6. The average molecular weight is 341 g/mol. The number of benzene rings is 2. The van der Waals surface area contributed by atoms with E-state index in [1.165, 1.54) is 0 Å². The van der Waals surface area contributed by atoms with Crippen LogP contribution in [0.15, 0.2) is 48.5 Å². The third-order valence-electron chi connectivity index (χ3n) is 4.16. The molecule has 0 aliphatic carbocycles. The average Bonchev–Trinajstić information content (AvgIpc) is 3.08. The summed E-state index contributed by atoms with van der Waals surface area (Å²) in [7, 11) is 3.97. The summed E-state index contributed by atoms with van der Waals surface area (Å²) < 4.78 is 10.8. The minimum absolute atomic E-state index is 0.0389. The van der Waals surface area contributed by atoms with Crippen LogP contribution in [0.4, 0.5) is 4.79 Å². The number of carbonyl (C=O) groups is 1. The Labute approximate surface area is 147 Å². The van der Waals surface area contributed by atoms with E-state index in [9.17, 15) is 4.79 Å². The number of urea groups is 1. The first-order valence-corrected chi connectivity index (χ1v) is 8.25. The van der Waals surface area contributed by atoms with Gasteiger partial charge in [-0.2, -0.15) is 0 Å². The maximum absolute atomic E-state index is 12.1. The van der Waals surface area contributed by atoms with Gasteiger partial charge < -0.3 is 25.0 Å². The van der Waals surface area contributed by atoms with Crippen molar-refractivity contribution in [3.63, 3.8) is 0 Å². The van der Waals surface area contributed by atoms with E-state index in [-0.39, 0.29) is 18.9 Å². The second-order valence-corrected chi connectivity index (χ2v) is 6.14. The Morgan fingerprint density at radius 3 is 2.60 bits per heavy atom.